The lowest BCUT2D eigenvalue weighted by Crippen LogP contribution is -2.34. The van der Waals surface area contributed by atoms with Crippen LogP contribution in [0.25, 0.3) is 0 Å². The molecule has 0 bridgehead atoms. The Bertz CT molecular complexity index is 930. The van der Waals surface area contributed by atoms with Crippen LogP contribution in [-0.4, -0.2) is 60.5 Å². The summed E-state index contributed by atoms with van der Waals surface area (Å²) in [5.74, 6) is -1.78. The van der Waals surface area contributed by atoms with Crippen LogP contribution in [0.2, 0.25) is 0 Å². The number of hydrogen-bond acceptors (Lipinski definition) is 8. The number of unbranched alkanes of at least 4 members (excludes halogenated alkanes) is 22. The number of carbonyl (C=O) groups excluding carboxylic acids is 1. The Morgan fingerprint density at radius 1 is 0.596 bits per heavy atom. The number of nitrogens with two attached hydrogens (primary N) is 1. The molecule has 0 rings (SSSR count). The fourth-order valence-corrected chi connectivity index (χ4v) is 6.42. The smallest absolute Gasteiger partial charge is 0.472 e. The van der Waals surface area contributed by atoms with E-state index < -0.39 is 45.1 Å². The third-order valence-corrected chi connectivity index (χ3v) is 9.90. The van der Waals surface area contributed by atoms with Crippen LogP contribution in [0.3, 0.4) is 0 Å². The molecule has 11 heteroatoms. The third-order valence-electron chi connectivity index (χ3n) is 8.95. The van der Waals surface area contributed by atoms with Gasteiger partial charge in [0.1, 0.15) is 12.1 Å². The van der Waals surface area contributed by atoms with Crippen molar-refractivity contribution in [1.82, 2.24) is 0 Å². The van der Waals surface area contributed by atoms with Gasteiger partial charge in [-0.1, -0.05) is 147 Å². The second-order valence-corrected chi connectivity index (χ2v) is 15.6. The van der Waals surface area contributed by atoms with Crippen LogP contribution in [0.1, 0.15) is 187 Å². The van der Waals surface area contributed by atoms with Gasteiger partial charge in [0.05, 0.1) is 19.8 Å². The summed E-state index contributed by atoms with van der Waals surface area (Å²) in [6.07, 6.45) is 39.4. The SMILES string of the molecule is CCCC/C=C\CCCCCCCCOCC(COP(=O)(O)OCC(N)C(=O)O)OC(=O)CCCCCCCCC/C=C\CCCCCCCCC. The van der Waals surface area contributed by atoms with Crippen LogP contribution in [-0.2, 0) is 32.7 Å². The molecule has 0 heterocycles. The molecule has 0 spiro atoms. The molecule has 52 heavy (non-hydrogen) atoms. The lowest BCUT2D eigenvalue weighted by atomic mass is 10.1. The number of rotatable bonds is 40. The van der Waals surface area contributed by atoms with Gasteiger partial charge in [-0.25, -0.2) is 4.57 Å². The van der Waals surface area contributed by atoms with Crippen molar-refractivity contribution in [2.75, 3.05) is 26.4 Å². The van der Waals surface area contributed by atoms with Crippen LogP contribution < -0.4 is 5.73 Å². The summed E-state index contributed by atoms with van der Waals surface area (Å²) in [5.41, 5.74) is 5.34. The number of carbonyl (C=O) groups is 2. The van der Waals surface area contributed by atoms with Gasteiger partial charge in [0.2, 0.25) is 0 Å². The predicted octanol–water partition coefficient (Wildman–Crippen LogP) is 11.1. The number of aliphatic carboxylic acids is 1. The Morgan fingerprint density at radius 2 is 1.02 bits per heavy atom. The van der Waals surface area contributed by atoms with Crippen LogP contribution in [0, 0.1) is 0 Å². The second kappa shape index (κ2) is 37.8. The number of phosphoric ester groups is 1. The predicted molar refractivity (Wildman–Crippen MR) is 212 cm³/mol. The van der Waals surface area contributed by atoms with Gasteiger partial charge in [-0.2, -0.15) is 0 Å². The first-order chi connectivity index (χ1) is 25.2. The molecule has 0 aromatic rings. The molecule has 0 aliphatic carbocycles. The highest BCUT2D eigenvalue weighted by molar-refractivity contribution is 7.47. The van der Waals surface area contributed by atoms with Gasteiger partial charge in [0, 0.05) is 13.0 Å². The maximum atomic E-state index is 12.6. The normalized spacial score (nSPS) is 14.2. The highest BCUT2D eigenvalue weighted by Gasteiger charge is 2.27. The van der Waals surface area contributed by atoms with E-state index in [0.29, 0.717) is 13.0 Å². The number of esters is 1. The zero-order valence-electron chi connectivity index (χ0n) is 33.2. The molecule has 3 unspecified atom stereocenters. The van der Waals surface area contributed by atoms with Crippen molar-refractivity contribution in [3.05, 3.63) is 24.3 Å². The number of carboxylic acids is 1. The topological polar surface area (TPSA) is 155 Å². The molecule has 0 fully saturated rings. The summed E-state index contributed by atoms with van der Waals surface area (Å²) < 4.78 is 33.3. The molecule has 0 aliphatic heterocycles. The van der Waals surface area contributed by atoms with Crippen molar-refractivity contribution in [3.63, 3.8) is 0 Å². The summed E-state index contributed by atoms with van der Waals surface area (Å²) >= 11 is 0. The number of allylic oxidation sites excluding steroid dienone is 4. The zero-order valence-corrected chi connectivity index (χ0v) is 34.1. The molecule has 0 aliphatic rings. The van der Waals surface area contributed by atoms with E-state index in [4.69, 9.17) is 29.4 Å². The molecule has 4 N–H and O–H groups in total. The summed E-state index contributed by atoms with van der Waals surface area (Å²) in [7, 11) is -4.61. The molecule has 0 radical (unpaired) electrons. The van der Waals surface area contributed by atoms with Gasteiger partial charge < -0.3 is 25.2 Å². The molecule has 0 amide bonds. The summed E-state index contributed by atoms with van der Waals surface area (Å²) in [6.45, 7) is 3.83. The lowest BCUT2D eigenvalue weighted by Gasteiger charge is -2.20. The van der Waals surface area contributed by atoms with E-state index in [1.165, 1.54) is 109 Å². The van der Waals surface area contributed by atoms with Gasteiger partial charge in [-0.05, 0) is 57.8 Å². The largest absolute Gasteiger partial charge is 0.480 e. The molecule has 3 atom stereocenters. The van der Waals surface area contributed by atoms with E-state index in [1.807, 2.05) is 0 Å². The molecular formula is C41H78NO9P. The number of phosphoric acid groups is 1. The zero-order chi connectivity index (χ0) is 38.4. The lowest BCUT2D eigenvalue weighted by molar-refractivity contribution is -0.154. The van der Waals surface area contributed by atoms with Crippen molar-refractivity contribution in [2.24, 2.45) is 5.73 Å². The molecule has 0 saturated heterocycles. The maximum Gasteiger partial charge on any atom is 0.472 e. The Balaban J connectivity index is 4.24. The first-order valence-corrected chi connectivity index (χ1v) is 22.4. The van der Waals surface area contributed by atoms with Gasteiger partial charge in [-0.3, -0.25) is 18.6 Å². The van der Waals surface area contributed by atoms with E-state index in [1.54, 1.807) is 0 Å². The fourth-order valence-electron chi connectivity index (χ4n) is 5.64. The van der Waals surface area contributed by atoms with E-state index in [9.17, 15) is 19.0 Å². The Labute approximate surface area is 317 Å². The van der Waals surface area contributed by atoms with Crippen LogP contribution >= 0.6 is 7.82 Å². The molecule has 0 aromatic carbocycles. The summed E-state index contributed by atoms with van der Waals surface area (Å²) in [6, 6.07) is -1.47. The summed E-state index contributed by atoms with van der Waals surface area (Å²) in [5, 5.41) is 8.88. The van der Waals surface area contributed by atoms with E-state index >= 15 is 0 Å². The Morgan fingerprint density at radius 3 is 1.52 bits per heavy atom. The third kappa shape index (κ3) is 36.8. The maximum absolute atomic E-state index is 12.6. The fraction of sp³-hybridized carbons (Fsp3) is 0.854. The average molecular weight is 760 g/mol. The Kier molecular flexibility index (Phi) is 36.6. The number of ether oxygens (including phenoxy) is 2. The first kappa shape index (κ1) is 50.5. The van der Waals surface area contributed by atoms with E-state index in [0.717, 1.165) is 51.4 Å². The van der Waals surface area contributed by atoms with Gasteiger partial charge in [0.25, 0.3) is 0 Å². The van der Waals surface area contributed by atoms with Crippen molar-refractivity contribution in [2.45, 2.75) is 199 Å². The van der Waals surface area contributed by atoms with Crippen molar-refractivity contribution in [3.8, 4) is 0 Å². The highest BCUT2D eigenvalue weighted by Crippen LogP contribution is 2.43. The van der Waals surface area contributed by atoms with Crippen LogP contribution in [0.4, 0.5) is 0 Å². The Hall–Kier alpha value is -1.55. The van der Waals surface area contributed by atoms with Crippen molar-refractivity contribution < 1.29 is 42.7 Å². The van der Waals surface area contributed by atoms with Gasteiger partial charge in [0.15, 0.2) is 0 Å². The monoisotopic (exact) mass is 760 g/mol. The van der Waals surface area contributed by atoms with Crippen molar-refractivity contribution >= 4 is 19.8 Å². The molecular weight excluding hydrogens is 681 g/mol. The molecule has 306 valence electrons. The number of carboxylic acid groups (broad SMARTS) is 1. The average Bonchev–Trinajstić information content (AvgIpc) is 3.12. The second-order valence-electron chi connectivity index (χ2n) is 14.1. The minimum Gasteiger partial charge on any atom is -0.480 e. The van der Waals surface area contributed by atoms with E-state index in [-0.39, 0.29) is 13.0 Å². The van der Waals surface area contributed by atoms with Gasteiger partial charge in [-0.15, -0.1) is 0 Å². The van der Waals surface area contributed by atoms with Crippen LogP contribution in [0.15, 0.2) is 24.3 Å². The van der Waals surface area contributed by atoms with Crippen LogP contribution in [0.5, 0.6) is 0 Å². The summed E-state index contributed by atoms with van der Waals surface area (Å²) in [4.78, 5) is 33.5. The minimum absolute atomic E-state index is 0.0130. The van der Waals surface area contributed by atoms with Gasteiger partial charge >= 0.3 is 19.8 Å². The minimum atomic E-state index is -4.61. The number of hydrogen-bond donors (Lipinski definition) is 3. The van der Waals surface area contributed by atoms with Crippen molar-refractivity contribution in [1.29, 1.82) is 0 Å². The quantitative estimate of drug-likeness (QED) is 0.0238. The first-order valence-electron chi connectivity index (χ1n) is 20.9. The van der Waals surface area contributed by atoms with E-state index in [2.05, 4.69) is 38.2 Å². The molecule has 0 aromatic heterocycles. The molecule has 0 saturated carbocycles. The molecule has 10 nitrogen and oxygen atoms in total. The standard InChI is InChI=1S/C41H78NO9P/c1-3-5-7-9-11-13-15-17-18-19-20-21-22-23-25-27-29-31-33-40(43)51-38(36-49-52(46,47)50-37-39(42)41(44)45)35-48-34-32-30-28-26-24-16-14-12-10-8-6-4-2/h10,12,18-19,38-39H,3-9,11,13-17,20-37,42H2,1-2H3,(H,44,45)(H,46,47)/b12-10-,19-18-. The highest BCUT2D eigenvalue weighted by atomic mass is 31.2.